The Morgan fingerprint density at radius 1 is 0.698 bits per heavy atom. The number of rotatable bonds is 20. The fraction of sp³-hybridized carbons (Fsp3) is 0.914. The second-order valence-corrected chi connectivity index (χ2v) is 14.6. The van der Waals surface area contributed by atoms with E-state index in [1.807, 2.05) is 0 Å². The normalized spacial score (nSPS) is 17.5. The van der Waals surface area contributed by atoms with E-state index in [2.05, 4.69) is 103 Å². The molecule has 1 aromatic rings. The lowest BCUT2D eigenvalue weighted by atomic mass is 9.77. The molecule has 2 rings (SSSR count). The van der Waals surface area contributed by atoms with Crippen LogP contribution in [0.15, 0.2) is 0 Å². The van der Waals surface area contributed by atoms with Crippen LogP contribution in [-0.4, -0.2) is 81.9 Å². The van der Waals surface area contributed by atoms with Crippen LogP contribution in [0.1, 0.15) is 153 Å². The van der Waals surface area contributed by atoms with Gasteiger partial charge in [-0.15, -0.1) is 0 Å². The first-order valence-electron chi connectivity index (χ1n) is 17.7. The lowest BCUT2D eigenvalue weighted by Gasteiger charge is -2.56. The van der Waals surface area contributed by atoms with E-state index < -0.39 is 0 Å². The average Bonchev–Trinajstić information content (AvgIpc) is 2.95. The Bertz CT molecular complexity index is 863. The highest BCUT2D eigenvalue weighted by Gasteiger charge is 2.49. The van der Waals surface area contributed by atoms with E-state index in [0.717, 1.165) is 121 Å². The molecular formula is C35H69N7O. The number of aromatic nitrogens is 3. The fourth-order valence-corrected chi connectivity index (χ4v) is 6.56. The molecule has 1 fully saturated rings. The summed E-state index contributed by atoms with van der Waals surface area (Å²) in [6.07, 6.45) is 12.3. The number of hydrogen-bond donors (Lipinski definition) is 0. The molecule has 0 saturated carbocycles. The summed E-state index contributed by atoms with van der Waals surface area (Å²) in [6, 6.07) is 0.359. The Kier molecular flexibility index (Phi) is 15.1. The molecule has 0 aromatic carbocycles. The lowest BCUT2D eigenvalue weighted by Crippen LogP contribution is -2.65. The molecule has 1 aliphatic heterocycles. The van der Waals surface area contributed by atoms with E-state index in [1.165, 1.54) is 0 Å². The standard InChI is InChI=1S/C35H69N7O/c1-13-18-22-40(23-19-14-2)31-36-30(37-32(38-31)41(24-20-15-3)25-21-16-4)35(10,11)39(12)29-27-33(6,7)42(43-26-17-5)34(8,9)28-29/h29H,13-28H2,1-12H3. The molecule has 0 amide bonds. The molecule has 0 radical (unpaired) electrons. The first-order valence-corrected chi connectivity index (χ1v) is 17.7. The van der Waals surface area contributed by atoms with Crippen molar-refractivity contribution in [2.24, 2.45) is 0 Å². The molecular weight excluding hydrogens is 534 g/mol. The molecule has 1 aliphatic rings. The number of unbranched alkanes of at least 4 members (excludes halogenated alkanes) is 4. The highest BCUT2D eigenvalue weighted by atomic mass is 16.7. The zero-order chi connectivity index (χ0) is 32.3. The summed E-state index contributed by atoms with van der Waals surface area (Å²) in [5, 5.41) is 2.28. The largest absolute Gasteiger partial charge is 0.341 e. The summed E-state index contributed by atoms with van der Waals surface area (Å²) < 4.78 is 0. The van der Waals surface area contributed by atoms with Crippen LogP contribution in [0.3, 0.4) is 0 Å². The van der Waals surface area contributed by atoms with Gasteiger partial charge in [-0.2, -0.15) is 20.0 Å². The minimum atomic E-state index is -0.377. The Hall–Kier alpha value is -1.51. The van der Waals surface area contributed by atoms with E-state index in [9.17, 15) is 0 Å². The molecule has 0 bridgehead atoms. The summed E-state index contributed by atoms with van der Waals surface area (Å²) in [6.45, 7) is 29.9. The summed E-state index contributed by atoms with van der Waals surface area (Å²) in [7, 11) is 2.28. The van der Waals surface area contributed by atoms with Crippen LogP contribution in [0, 0.1) is 0 Å². The molecule has 43 heavy (non-hydrogen) atoms. The number of hydrogen-bond acceptors (Lipinski definition) is 8. The van der Waals surface area contributed by atoms with Gasteiger partial charge in [0.05, 0.1) is 12.1 Å². The van der Waals surface area contributed by atoms with Gasteiger partial charge >= 0.3 is 0 Å². The van der Waals surface area contributed by atoms with E-state index in [4.69, 9.17) is 19.8 Å². The maximum absolute atomic E-state index is 6.34. The van der Waals surface area contributed by atoms with Gasteiger partial charge in [0.15, 0.2) is 5.82 Å². The summed E-state index contributed by atoms with van der Waals surface area (Å²) in [5.74, 6) is 2.58. The molecule has 0 spiro atoms. The first kappa shape index (κ1) is 37.7. The number of anilines is 2. The van der Waals surface area contributed by atoms with Crippen LogP contribution in [0.2, 0.25) is 0 Å². The third-order valence-electron chi connectivity index (χ3n) is 9.27. The predicted molar refractivity (Wildman–Crippen MR) is 184 cm³/mol. The van der Waals surface area contributed by atoms with E-state index >= 15 is 0 Å². The predicted octanol–water partition coefficient (Wildman–Crippen LogP) is 8.21. The van der Waals surface area contributed by atoms with Crippen molar-refractivity contribution in [3.05, 3.63) is 5.82 Å². The first-order chi connectivity index (χ1) is 20.3. The summed E-state index contributed by atoms with van der Waals surface area (Å²) >= 11 is 0. The van der Waals surface area contributed by atoms with E-state index in [1.54, 1.807) is 0 Å². The van der Waals surface area contributed by atoms with Gasteiger partial charge in [0.2, 0.25) is 11.9 Å². The number of nitrogens with zero attached hydrogens (tertiary/aromatic N) is 7. The Labute approximate surface area is 266 Å². The van der Waals surface area contributed by atoms with Crippen LogP contribution < -0.4 is 9.80 Å². The maximum atomic E-state index is 6.34. The van der Waals surface area contributed by atoms with Gasteiger partial charge in [0, 0.05) is 43.3 Å². The molecule has 8 heteroatoms. The van der Waals surface area contributed by atoms with Crippen molar-refractivity contribution in [2.45, 2.75) is 169 Å². The minimum Gasteiger partial charge on any atom is -0.341 e. The second-order valence-electron chi connectivity index (χ2n) is 14.6. The van der Waals surface area contributed by atoms with Crippen LogP contribution in [-0.2, 0) is 10.4 Å². The van der Waals surface area contributed by atoms with Gasteiger partial charge in [0.25, 0.3) is 0 Å². The molecule has 0 unspecified atom stereocenters. The topological polar surface area (TPSA) is 60.9 Å². The van der Waals surface area contributed by atoms with Gasteiger partial charge in [-0.3, -0.25) is 9.74 Å². The van der Waals surface area contributed by atoms with E-state index in [0.29, 0.717) is 6.04 Å². The van der Waals surface area contributed by atoms with Crippen molar-refractivity contribution in [3.8, 4) is 0 Å². The third-order valence-corrected chi connectivity index (χ3v) is 9.27. The van der Waals surface area contributed by atoms with Crippen molar-refractivity contribution in [1.29, 1.82) is 0 Å². The van der Waals surface area contributed by atoms with Crippen LogP contribution in [0.25, 0.3) is 0 Å². The van der Waals surface area contributed by atoms with Gasteiger partial charge in [-0.1, -0.05) is 60.3 Å². The van der Waals surface area contributed by atoms with Crippen molar-refractivity contribution in [2.75, 3.05) is 49.6 Å². The Balaban J connectivity index is 2.57. The zero-order valence-corrected chi connectivity index (χ0v) is 30.4. The Morgan fingerprint density at radius 3 is 1.44 bits per heavy atom. The van der Waals surface area contributed by atoms with Crippen molar-refractivity contribution in [3.63, 3.8) is 0 Å². The monoisotopic (exact) mass is 604 g/mol. The van der Waals surface area contributed by atoms with Crippen LogP contribution in [0.4, 0.5) is 11.9 Å². The quantitative estimate of drug-likeness (QED) is 0.148. The molecule has 1 aromatic heterocycles. The second kappa shape index (κ2) is 17.3. The fourth-order valence-electron chi connectivity index (χ4n) is 6.56. The van der Waals surface area contributed by atoms with Crippen molar-refractivity contribution < 1.29 is 4.84 Å². The van der Waals surface area contributed by atoms with Gasteiger partial charge in [-0.05, 0) is 93.5 Å². The molecule has 2 heterocycles. The van der Waals surface area contributed by atoms with Crippen molar-refractivity contribution in [1.82, 2.24) is 24.9 Å². The minimum absolute atomic E-state index is 0.0877. The molecule has 0 atom stereocenters. The van der Waals surface area contributed by atoms with Gasteiger partial charge < -0.3 is 9.80 Å². The van der Waals surface area contributed by atoms with Crippen LogP contribution in [0.5, 0.6) is 0 Å². The summed E-state index contributed by atoms with van der Waals surface area (Å²) in [5.41, 5.74) is -0.552. The molecule has 8 nitrogen and oxygen atoms in total. The SMILES string of the molecule is CCCCN(CCCC)c1nc(N(CCCC)CCCC)nc(C(C)(C)N(C)C2CC(C)(C)N(OCCC)C(C)(C)C2)n1. The van der Waals surface area contributed by atoms with Gasteiger partial charge in [0.1, 0.15) is 0 Å². The van der Waals surface area contributed by atoms with Gasteiger partial charge in [-0.25, -0.2) is 0 Å². The number of piperidine rings is 1. The number of hydroxylamine groups is 2. The highest BCUT2D eigenvalue weighted by Crippen LogP contribution is 2.43. The highest BCUT2D eigenvalue weighted by molar-refractivity contribution is 5.40. The smallest absolute Gasteiger partial charge is 0.230 e. The van der Waals surface area contributed by atoms with Crippen molar-refractivity contribution >= 4 is 11.9 Å². The molecule has 0 aliphatic carbocycles. The summed E-state index contributed by atoms with van der Waals surface area (Å²) in [4.78, 5) is 29.5. The maximum Gasteiger partial charge on any atom is 0.230 e. The van der Waals surface area contributed by atoms with E-state index in [-0.39, 0.29) is 16.6 Å². The molecule has 0 N–H and O–H groups in total. The lowest BCUT2D eigenvalue weighted by molar-refractivity contribution is -0.289. The zero-order valence-electron chi connectivity index (χ0n) is 30.4. The average molecular weight is 604 g/mol. The molecule has 250 valence electrons. The third kappa shape index (κ3) is 10.3. The Morgan fingerprint density at radius 2 is 1.09 bits per heavy atom. The molecule has 1 saturated heterocycles. The van der Waals surface area contributed by atoms with Crippen LogP contribution >= 0.6 is 0 Å².